The van der Waals surface area contributed by atoms with E-state index in [-0.39, 0.29) is 0 Å². The zero-order valence-electron chi connectivity index (χ0n) is 10.1. The van der Waals surface area contributed by atoms with Crippen molar-refractivity contribution in [3.05, 3.63) is 0 Å². The maximum absolute atomic E-state index is 8.42. The van der Waals surface area contributed by atoms with Crippen molar-refractivity contribution in [2.75, 3.05) is 13.1 Å². The molecule has 0 radical (unpaired) electrons. The van der Waals surface area contributed by atoms with E-state index in [2.05, 4.69) is 38.7 Å². The molecule has 0 aliphatic heterocycles. The summed E-state index contributed by atoms with van der Waals surface area (Å²) in [4.78, 5) is 2.50. The highest BCUT2D eigenvalue weighted by Gasteiger charge is 2.09. The lowest BCUT2D eigenvalue weighted by molar-refractivity contribution is 0.194. The van der Waals surface area contributed by atoms with Crippen LogP contribution in [0, 0.1) is 17.2 Å². The van der Waals surface area contributed by atoms with E-state index in [0.29, 0.717) is 12.5 Å². The van der Waals surface area contributed by atoms with Crippen molar-refractivity contribution in [2.45, 2.75) is 53.0 Å². The number of nitriles is 1. The maximum Gasteiger partial charge on any atom is 0.0621 e. The summed E-state index contributed by atoms with van der Waals surface area (Å²) < 4.78 is 0. The fourth-order valence-corrected chi connectivity index (χ4v) is 1.55. The molecular weight excluding hydrogens is 172 g/mol. The summed E-state index contributed by atoms with van der Waals surface area (Å²) in [7, 11) is 0. The third kappa shape index (κ3) is 6.91. The van der Waals surface area contributed by atoms with Crippen molar-refractivity contribution in [1.82, 2.24) is 4.90 Å². The van der Waals surface area contributed by atoms with Crippen LogP contribution in [-0.2, 0) is 0 Å². The molecule has 0 rings (SSSR count). The Morgan fingerprint density at radius 1 is 1.14 bits per heavy atom. The highest BCUT2D eigenvalue weighted by molar-refractivity contribution is 4.70. The predicted molar refractivity (Wildman–Crippen MR) is 61.0 cm³/mol. The SMILES string of the molecule is CC(C)CN(CCCCC#N)C(C)C. The van der Waals surface area contributed by atoms with Crippen LogP contribution in [0.1, 0.15) is 47.0 Å². The van der Waals surface area contributed by atoms with Crippen LogP contribution in [0.2, 0.25) is 0 Å². The molecular formula is C12H24N2. The van der Waals surface area contributed by atoms with Crippen LogP contribution in [0.15, 0.2) is 0 Å². The van der Waals surface area contributed by atoms with Gasteiger partial charge < -0.3 is 4.90 Å². The van der Waals surface area contributed by atoms with E-state index in [1.807, 2.05) is 0 Å². The summed E-state index contributed by atoms with van der Waals surface area (Å²) >= 11 is 0. The van der Waals surface area contributed by atoms with Gasteiger partial charge in [0.15, 0.2) is 0 Å². The zero-order chi connectivity index (χ0) is 11.0. The summed E-state index contributed by atoms with van der Waals surface area (Å²) in [5.74, 6) is 0.730. The van der Waals surface area contributed by atoms with Crippen molar-refractivity contribution in [1.29, 1.82) is 5.26 Å². The van der Waals surface area contributed by atoms with Crippen LogP contribution in [-0.4, -0.2) is 24.0 Å². The van der Waals surface area contributed by atoms with Crippen LogP contribution in [0.3, 0.4) is 0 Å². The van der Waals surface area contributed by atoms with Crippen LogP contribution >= 0.6 is 0 Å². The smallest absolute Gasteiger partial charge is 0.0621 e. The topological polar surface area (TPSA) is 27.0 Å². The van der Waals surface area contributed by atoms with Crippen molar-refractivity contribution in [2.24, 2.45) is 5.92 Å². The molecule has 0 aromatic carbocycles. The molecule has 0 spiro atoms. The Labute approximate surface area is 88.9 Å². The predicted octanol–water partition coefficient (Wildman–Crippen LogP) is 3.05. The molecule has 2 nitrogen and oxygen atoms in total. The lowest BCUT2D eigenvalue weighted by Crippen LogP contribution is -2.34. The van der Waals surface area contributed by atoms with Crippen molar-refractivity contribution >= 4 is 0 Å². The van der Waals surface area contributed by atoms with Crippen molar-refractivity contribution < 1.29 is 0 Å². The number of hydrogen-bond donors (Lipinski definition) is 0. The fourth-order valence-electron chi connectivity index (χ4n) is 1.55. The molecule has 0 aromatic rings. The lowest BCUT2D eigenvalue weighted by atomic mass is 10.1. The largest absolute Gasteiger partial charge is 0.301 e. The molecule has 0 N–H and O–H groups in total. The maximum atomic E-state index is 8.42. The van der Waals surface area contributed by atoms with Gasteiger partial charge in [0.2, 0.25) is 0 Å². The second-order valence-electron chi connectivity index (χ2n) is 4.60. The zero-order valence-corrected chi connectivity index (χ0v) is 10.1. The first-order chi connectivity index (χ1) is 6.57. The molecule has 0 aliphatic rings. The molecule has 14 heavy (non-hydrogen) atoms. The first kappa shape index (κ1) is 13.4. The number of nitrogens with zero attached hydrogens (tertiary/aromatic N) is 2. The molecule has 0 aromatic heterocycles. The molecule has 0 aliphatic carbocycles. The summed E-state index contributed by atoms with van der Waals surface area (Å²) in [6, 6.07) is 2.82. The van der Waals surface area contributed by atoms with Gasteiger partial charge in [0.05, 0.1) is 6.07 Å². The normalized spacial score (nSPS) is 11.3. The molecule has 0 saturated heterocycles. The molecule has 0 amide bonds. The summed E-state index contributed by atoms with van der Waals surface area (Å²) in [5, 5.41) is 8.42. The average Bonchev–Trinajstić information content (AvgIpc) is 2.09. The highest BCUT2D eigenvalue weighted by Crippen LogP contribution is 2.06. The van der Waals surface area contributed by atoms with E-state index in [1.54, 1.807) is 0 Å². The lowest BCUT2D eigenvalue weighted by Gasteiger charge is -2.28. The number of unbranched alkanes of at least 4 members (excludes halogenated alkanes) is 2. The first-order valence-corrected chi connectivity index (χ1v) is 5.69. The Morgan fingerprint density at radius 3 is 2.21 bits per heavy atom. The van der Waals surface area contributed by atoms with E-state index in [9.17, 15) is 0 Å². The van der Waals surface area contributed by atoms with Crippen molar-refractivity contribution in [3.8, 4) is 6.07 Å². The van der Waals surface area contributed by atoms with Gasteiger partial charge in [-0.05, 0) is 39.2 Å². The molecule has 0 fully saturated rings. The monoisotopic (exact) mass is 196 g/mol. The quantitative estimate of drug-likeness (QED) is 0.585. The fraction of sp³-hybridized carbons (Fsp3) is 0.917. The van der Waals surface area contributed by atoms with Gasteiger partial charge in [-0.3, -0.25) is 0 Å². The molecule has 82 valence electrons. The molecule has 0 heterocycles. The van der Waals surface area contributed by atoms with E-state index in [1.165, 1.54) is 6.54 Å². The third-order valence-corrected chi connectivity index (χ3v) is 2.31. The summed E-state index contributed by atoms with van der Waals surface area (Å²) in [6.45, 7) is 11.3. The van der Waals surface area contributed by atoms with Crippen LogP contribution < -0.4 is 0 Å². The Bertz CT molecular complexity index is 168. The van der Waals surface area contributed by atoms with Gasteiger partial charge in [0.25, 0.3) is 0 Å². The van der Waals surface area contributed by atoms with Gasteiger partial charge in [0.1, 0.15) is 0 Å². The van der Waals surface area contributed by atoms with Gasteiger partial charge >= 0.3 is 0 Å². The molecule has 2 heteroatoms. The highest BCUT2D eigenvalue weighted by atomic mass is 15.1. The molecule has 0 atom stereocenters. The van der Waals surface area contributed by atoms with Gasteiger partial charge in [-0.1, -0.05) is 13.8 Å². The van der Waals surface area contributed by atoms with E-state index in [0.717, 1.165) is 25.3 Å². The Kier molecular flexibility index (Phi) is 7.51. The van der Waals surface area contributed by atoms with Gasteiger partial charge in [-0.2, -0.15) is 5.26 Å². The van der Waals surface area contributed by atoms with Gasteiger partial charge in [-0.15, -0.1) is 0 Å². The first-order valence-electron chi connectivity index (χ1n) is 5.69. The Balaban J connectivity index is 3.69. The standard InChI is InChI=1S/C12H24N2/c1-11(2)10-14(12(3)4)9-7-5-6-8-13/h11-12H,5-7,9-10H2,1-4H3. The van der Waals surface area contributed by atoms with Crippen LogP contribution in [0.5, 0.6) is 0 Å². The second kappa shape index (κ2) is 7.82. The van der Waals surface area contributed by atoms with Crippen LogP contribution in [0.25, 0.3) is 0 Å². The van der Waals surface area contributed by atoms with E-state index >= 15 is 0 Å². The number of rotatable bonds is 7. The molecule has 0 unspecified atom stereocenters. The van der Waals surface area contributed by atoms with E-state index < -0.39 is 0 Å². The summed E-state index contributed by atoms with van der Waals surface area (Å²) in [6.07, 6.45) is 2.89. The minimum atomic E-state index is 0.625. The number of hydrogen-bond acceptors (Lipinski definition) is 2. The third-order valence-electron chi connectivity index (χ3n) is 2.31. The van der Waals surface area contributed by atoms with Crippen LogP contribution in [0.4, 0.5) is 0 Å². The van der Waals surface area contributed by atoms with Crippen molar-refractivity contribution in [3.63, 3.8) is 0 Å². The Hall–Kier alpha value is -0.550. The Morgan fingerprint density at radius 2 is 1.79 bits per heavy atom. The molecule has 0 saturated carbocycles. The van der Waals surface area contributed by atoms with Gasteiger partial charge in [-0.25, -0.2) is 0 Å². The minimum Gasteiger partial charge on any atom is -0.301 e. The average molecular weight is 196 g/mol. The molecule has 0 bridgehead atoms. The summed E-state index contributed by atoms with van der Waals surface area (Å²) in [5.41, 5.74) is 0. The van der Waals surface area contributed by atoms with Gasteiger partial charge in [0, 0.05) is 19.0 Å². The second-order valence-corrected chi connectivity index (χ2v) is 4.60. The van der Waals surface area contributed by atoms with E-state index in [4.69, 9.17) is 5.26 Å². The minimum absolute atomic E-state index is 0.625.